The second-order valence-electron chi connectivity index (χ2n) is 2.86. The molecule has 2 rings (SSSR count). The highest BCUT2D eigenvalue weighted by molar-refractivity contribution is 5.34. The molecule has 1 aromatic carbocycles. The van der Waals surface area contributed by atoms with Crippen molar-refractivity contribution in [2.45, 2.75) is 32.8 Å². The molecule has 0 radical (unpaired) electrons. The molecule has 1 atom stereocenters. The van der Waals surface area contributed by atoms with Crippen molar-refractivity contribution < 1.29 is 9.50 Å². The van der Waals surface area contributed by atoms with Gasteiger partial charge in [-0.1, -0.05) is 26.0 Å². The number of hydrogen-bond donors (Lipinski definition) is 1. The van der Waals surface area contributed by atoms with Crippen LogP contribution in [0.15, 0.2) is 18.2 Å². The molecule has 1 aliphatic carbocycles. The Morgan fingerprint density at radius 1 is 1.38 bits per heavy atom. The zero-order valence-electron chi connectivity index (χ0n) is 8.05. The zero-order valence-corrected chi connectivity index (χ0v) is 8.05. The van der Waals surface area contributed by atoms with Gasteiger partial charge in [0.2, 0.25) is 0 Å². The molecule has 1 nitrogen and oxygen atoms in total. The van der Waals surface area contributed by atoms with Gasteiger partial charge in [0.15, 0.2) is 0 Å². The molecule has 72 valence electrons. The lowest BCUT2D eigenvalue weighted by Gasteiger charge is -2.02. The maximum Gasteiger partial charge on any atom is 0.126 e. The fourth-order valence-electron chi connectivity index (χ4n) is 1.59. The fraction of sp³-hybridized carbons (Fsp3) is 0.455. The van der Waals surface area contributed by atoms with Crippen molar-refractivity contribution >= 4 is 0 Å². The Labute approximate surface area is 78.2 Å². The summed E-state index contributed by atoms with van der Waals surface area (Å²) in [5.74, 6) is -0.181. The Morgan fingerprint density at radius 2 is 2.08 bits per heavy atom. The molecule has 0 saturated heterocycles. The van der Waals surface area contributed by atoms with Crippen LogP contribution in [0.1, 0.15) is 37.5 Å². The summed E-state index contributed by atoms with van der Waals surface area (Å²) in [5, 5.41) is 9.34. The first-order chi connectivity index (χ1) is 6.29. The minimum absolute atomic E-state index is 0.181. The van der Waals surface area contributed by atoms with E-state index in [9.17, 15) is 9.50 Å². The van der Waals surface area contributed by atoms with Crippen LogP contribution in [0, 0.1) is 5.82 Å². The summed E-state index contributed by atoms with van der Waals surface area (Å²) in [7, 11) is 0. The van der Waals surface area contributed by atoms with Crippen molar-refractivity contribution in [3.8, 4) is 0 Å². The van der Waals surface area contributed by atoms with Gasteiger partial charge in [-0.25, -0.2) is 4.39 Å². The molecular weight excluding hydrogens is 167 g/mol. The van der Waals surface area contributed by atoms with Gasteiger partial charge in [-0.15, -0.1) is 0 Å². The lowest BCUT2D eigenvalue weighted by atomic mass is 10.1. The number of halogens is 1. The summed E-state index contributed by atoms with van der Waals surface area (Å²) in [4.78, 5) is 0. The molecule has 1 aliphatic rings. The molecule has 0 amide bonds. The van der Waals surface area contributed by atoms with E-state index in [4.69, 9.17) is 0 Å². The van der Waals surface area contributed by atoms with E-state index in [1.165, 1.54) is 6.07 Å². The number of hydrogen-bond acceptors (Lipinski definition) is 1. The maximum atomic E-state index is 13.0. The average Bonchev–Trinajstić information content (AvgIpc) is 2.53. The molecule has 0 aromatic heterocycles. The van der Waals surface area contributed by atoms with Crippen LogP contribution < -0.4 is 0 Å². The van der Waals surface area contributed by atoms with Crippen LogP contribution in [-0.2, 0) is 6.42 Å². The van der Waals surface area contributed by atoms with Gasteiger partial charge in [0, 0.05) is 0 Å². The van der Waals surface area contributed by atoms with Gasteiger partial charge >= 0.3 is 0 Å². The second kappa shape index (κ2) is 4.38. The minimum Gasteiger partial charge on any atom is -0.388 e. The third-order valence-corrected chi connectivity index (χ3v) is 2.18. The van der Waals surface area contributed by atoms with Crippen LogP contribution in [0.4, 0.5) is 4.39 Å². The maximum absolute atomic E-state index is 13.0. The summed E-state index contributed by atoms with van der Waals surface area (Å²) in [6.07, 6.45) is 0.889. The lowest BCUT2D eigenvalue weighted by Crippen LogP contribution is -1.90. The topological polar surface area (TPSA) is 20.2 Å². The van der Waals surface area contributed by atoms with E-state index < -0.39 is 6.10 Å². The highest BCUT2D eigenvalue weighted by Gasteiger charge is 2.22. The summed E-state index contributed by atoms with van der Waals surface area (Å²) in [5.41, 5.74) is 1.46. The average molecular weight is 182 g/mol. The van der Waals surface area contributed by atoms with E-state index in [1.54, 1.807) is 12.1 Å². The summed E-state index contributed by atoms with van der Waals surface area (Å²) in [6, 6.07) is 4.87. The normalized spacial score (nSPS) is 18.9. The summed E-state index contributed by atoms with van der Waals surface area (Å²) in [6.45, 7) is 4.00. The van der Waals surface area contributed by atoms with Crippen molar-refractivity contribution in [1.29, 1.82) is 0 Å². The van der Waals surface area contributed by atoms with Crippen molar-refractivity contribution in [2.75, 3.05) is 0 Å². The molecule has 1 aromatic rings. The molecule has 0 bridgehead atoms. The van der Waals surface area contributed by atoms with Crippen molar-refractivity contribution in [3.63, 3.8) is 0 Å². The standard InChI is InChI=1S/C9H9FO.C2H6/c10-8-3-1-2-7-6(8)4-5-9(7)11;1-2/h1-3,9,11H,4-5H2;1-2H3. The van der Waals surface area contributed by atoms with Crippen LogP contribution in [0.5, 0.6) is 0 Å². The number of benzene rings is 1. The molecule has 2 heteroatoms. The van der Waals surface area contributed by atoms with Gasteiger partial charge in [-0.05, 0) is 30.0 Å². The number of fused-ring (bicyclic) bond motifs is 1. The third kappa shape index (κ3) is 1.89. The Morgan fingerprint density at radius 3 is 2.69 bits per heavy atom. The van der Waals surface area contributed by atoms with Crippen LogP contribution in [0.2, 0.25) is 0 Å². The Hall–Kier alpha value is -0.890. The quantitative estimate of drug-likeness (QED) is 0.654. The first kappa shape index (κ1) is 10.2. The van der Waals surface area contributed by atoms with E-state index in [1.807, 2.05) is 13.8 Å². The fourth-order valence-corrected chi connectivity index (χ4v) is 1.59. The highest BCUT2D eigenvalue weighted by Crippen LogP contribution is 2.31. The smallest absolute Gasteiger partial charge is 0.126 e. The Kier molecular flexibility index (Phi) is 3.43. The monoisotopic (exact) mass is 182 g/mol. The first-order valence-corrected chi connectivity index (χ1v) is 4.74. The molecule has 0 fully saturated rings. The number of rotatable bonds is 0. The number of aliphatic hydroxyl groups is 1. The van der Waals surface area contributed by atoms with Gasteiger partial charge in [-0.2, -0.15) is 0 Å². The van der Waals surface area contributed by atoms with Crippen LogP contribution >= 0.6 is 0 Å². The second-order valence-corrected chi connectivity index (χ2v) is 2.86. The van der Waals surface area contributed by atoms with Gasteiger partial charge in [0.25, 0.3) is 0 Å². The number of aliphatic hydroxyl groups excluding tert-OH is 1. The molecule has 13 heavy (non-hydrogen) atoms. The molecule has 0 saturated carbocycles. The van der Waals surface area contributed by atoms with Gasteiger partial charge in [-0.3, -0.25) is 0 Å². The zero-order chi connectivity index (χ0) is 9.84. The highest BCUT2D eigenvalue weighted by atomic mass is 19.1. The van der Waals surface area contributed by atoms with Crippen LogP contribution in [0.3, 0.4) is 0 Å². The molecule has 1 unspecified atom stereocenters. The van der Waals surface area contributed by atoms with Crippen molar-refractivity contribution in [3.05, 3.63) is 35.1 Å². The lowest BCUT2D eigenvalue weighted by molar-refractivity contribution is 0.180. The van der Waals surface area contributed by atoms with E-state index in [2.05, 4.69) is 0 Å². The van der Waals surface area contributed by atoms with E-state index in [-0.39, 0.29) is 5.82 Å². The third-order valence-electron chi connectivity index (χ3n) is 2.18. The molecule has 1 N–H and O–H groups in total. The van der Waals surface area contributed by atoms with Crippen LogP contribution in [-0.4, -0.2) is 5.11 Å². The van der Waals surface area contributed by atoms with E-state index in [0.717, 1.165) is 5.56 Å². The largest absolute Gasteiger partial charge is 0.388 e. The molecular formula is C11H15FO. The van der Waals surface area contributed by atoms with Gasteiger partial charge in [0.05, 0.1) is 6.10 Å². The SMILES string of the molecule is CC.OC1CCc2c(F)cccc21. The Balaban J connectivity index is 0.000000396. The van der Waals surface area contributed by atoms with Gasteiger partial charge in [0.1, 0.15) is 5.82 Å². The predicted octanol–water partition coefficient (Wildman–Crippen LogP) is 2.83. The van der Waals surface area contributed by atoms with E-state index in [0.29, 0.717) is 18.4 Å². The summed E-state index contributed by atoms with van der Waals surface area (Å²) < 4.78 is 13.0. The minimum atomic E-state index is -0.444. The molecule has 0 heterocycles. The van der Waals surface area contributed by atoms with Crippen molar-refractivity contribution in [1.82, 2.24) is 0 Å². The molecule has 0 aliphatic heterocycles. The van der Waals surface area contributed by atoms with Crippen molar-refractivity contribution in [2.24, 2.45) is 0 Å². The van der Waals surface area contributed by atoms with Gasteiger partial charge < -0.3 is 5.11 Å². The van der Waals surface area contributed by atoms with E-state index >= 15 is 0 Å². The first-order valence-electron chi connectivity index (χ1n) is 4.74. The predicted molar refractivity (Wildman–Crippen MR) is 51.0 cm³/mol. The molecule has 0 spiro atoms. The Bertz CT molecular complexity index is 283. The van der Waals surface area contributed by atoms with Crippen LogP contribution in [0.25, 0.3) is 0 Å². The summed E-state index contributed by atoms with van der Waals surface area (Å²) >= 11 is 0.